The van der Waals surface area contributed by atoms with Gasteiger partial charge in [0.05, 0.1) is 5.52 Å². The van der Waals surface area contributed by atoms with Crippen molar-refractivity contribution in [2.24, 2.45) is 0 Å². The second-order valence-electron chi connectivity index (χ2n) is 2.65. The van der Waals surface area contributed by atoms with Gasteiger partial charge in [-0.05, 0) is 26.0 Å². The van der Waals surface area contributed by atoms with Crippen LogP contribution in [-0.4, -0.2) is 15.0 Å². The van der Waals surface area contributed by atoms with Crippen LogP contribution in [0.4, 0.5) is 0 Å². The Hall–Kier alpha value is 0.0875. The number of nitrogens with zero attached hydrogens (tertiary/aromatic N) is 2. The Balaban J connectivity index is 0. The Morgan fingerprint density at radius 1 is 0.938 bits per heavy atom. The predicted molar refractivity (Wildman–Crippen MR) is 66.1 cm³/mol. The Bertz CT molecular complexity index is 396. The van der Waals surface area contributed by atoms with E-state index in [9.17, 15) is 0 Å². The van der Waals surface area contributed by atoms with E-state index in [1.807, 2.05) is 53.7 Å². The molecule has 4 heteroatoms. The van der Waals surface area contributed by atoms with E-state index in [1.54, 1.807) is 0 Å². The van der Waals surface area contributed by atoms with Crippen LogP contribution >= 0.6 is 0 Å². The smallest absolute Gasteiger partial charge is 0.177 e. The first-order valence-electron chi connectivity index (χ1n) is 5.56. The third-order valence-corrected chi connectivity index (χ3v) is 1.60. The summed E-state index contributed by atoms with van der Waals surface area (Å²) in [5.74, 6) is 0.915. The van der Waals surface area contributed by atoms with Gasteiger partial charge in [-0.2, -0.15) is 0 Å². The molecule has 2 heterocycles. The minimum Gasteiger partial charge on any atom is -0.341 e. The Kier molecular flexibility index (Phi) is 11.8. The quantitative estimate of drug-likeness (QED) is 0.690. The molecule has 0 unspecified atom stereocenters. The molecule has 0 aromatic carbocycles. The van der Waals surface area contributed by atoms with Crippen LogP contribution in [0.2, 0.25) is 0 Å². The molecule has 0 aliphatic rings. The van der Waals surface area contributed by atoms with Gasteiger partial charge in [-0.3, -0.25) is 0 Å². The van der Waals surface area contributed by atoms with Crippen LogP contribution in [0.25, 0.3) is 11.2 Å². The molecule has 0 fully saturated rings. The van der Waals surface area contributed by atoms with E-state index in [-0.39, 0.29) is 45.0 Å². The average molecular weight is 433 g/mol. The number of imidazole rings is 1. The van der Waals surface area contributed by atoms with E-state index in [0.29, 0.717) is 0 Å². The minimum atomic E-state index is 0. The van der Waals surface area contributed by atoms with Crippen LogP contribution < -0.4 is 0 Å². The molecule has 16 heavy (non-hydrogen) atoms. The second-order valence-corrected chi connectivity index (χ2v) is 2.65. The maximum absolute atomic E-state index is 4.25. The van der Waals surface area contributed by atoms with Gasteiger partial charge in [0.1, 0.15) is 5.82 Å². The second kappa shape index (κ2) is 10.3. The monoisotopic (exact) mass is 433 g/mol. The molecule has 0 spiro atoms. The summed E-state index contributed by atoms with van der Waals surface area (Å²) in [5, 5.41) is 0. The molecular formula is C12H21N3Ra. The van der Waals surface area contributed by atoms with E-state index < -0.39 is 0 Å². The predicted octanol–water partition coefficient (Wildman–Crippen LogP) is 3.63. The summed E-state index contributed by atoms with van der Waals surface area (Å²) < 4.78 is 0. The summed E-state index contributed by atoms with van der Waals surface area (Å²) in [7, 11) is 0. The van der Waals surface area contributed by atoms with Gasteiger partial charge in [-0.1, -0.05) is 27.7 Å². The van der Waals surface area contributed by atoms with E-state index in [2.05, 4.69) is 15.0 Å². The normalized spacial score (nSPS) is 8.12. The first-order valence-corrected chi connectivity index (χ1v) is 5.56. The number of hydrogen-bond acceptors (Lipinski definition) is 2. The summed E-state index contributed by atoms with van der Waals surface area (Å²) in [6.45, 7) is 11.9. The van der Waals surface area contributed by atoms with Gasteiger partial charge in [0, 0.05) is 50.7 Å². The number of hydrogen-bond donors (Lipinski definition) is 1. The van der Waals surface area contributed by atoms with Gasteiger partial charge in [-0.15, -0.1) is 0 Å². The Labute approximate surface area is 135 Å². The van der Waals surface area contributed by atoms with Crippen molar-refractivity contribution in [3.63, 3.8) is 0 Å². The zero-order chi connectivity index (χ0) is 11.8. The maximum atomic E-state index is 4.25. The van der Waals surface area contributed by atoms with Gasteiger partial charge in [0.15, 0.2) is 5.65 Å². The molecule has 2 aromatic heterocycles. The standard InChI is InChI=1S/C8H9N3.2C2H6.Ra/c1-5-3-4-7-8(9-5)11-6(2)10-7;2*1-2;/h3-4H,1-2H3,(H,9,10,11);2*1-2H3;. The number of aromatic nitrogens is 3. The molecule has 2 radical (unpaired) electrons. The summed E-state index contributed by atoms with van der Waals surface area (Å²) in [5.41, 5.74) is 2.82. The van der Waals surface area contributed by atoms with Crippen molar-refractivity contribution in [1.82, 2.24) is 15.0 Å². The van der Waals surface area contributed by atoms with Gasteiger partial charge < -0.3 is 4.98 Å². The molecule has 2 aromatic rings. The first-order chi connectivity index (χ1) is 7.25. The minimum absolute atomic E-state index is 0. The molecule has 0 saturated heterocycles. The topological polar surface area (TPSA) is 41.6 Å². The van der Waals surface area contributed by atoms with Gasteiger partial charge in [0.25, 0.3) is 0 Å². The molecule has 2 rings (SSSR count). The van der Waals surface area contributed by atoms with E-state index >= 15 is 0 Å². The fourth-order valence-corrected chi connectivity index (χ4v) is 1.11. The van der Waals surface area contributed by atoms with Crippen molar-refractivity contribution in [1.29, 1.82) is 0 Å². The zero-order valence-corrected chi connectivity index (χ0v) is 17.1. The van der Waals surface area contributed by atoms with Crippen molar-refractivity contribution in [2.45, 2.75) is 41.5 Å². The maximum Gasteiger partial charge on any atom is 0.177 e. The molecule has 0 saturated carbocycles. The van der Waals surface area contributed by atoms with E-state index in [1.165, 1.54) is 0 Å². The number of aryl methyl sites for hydroxylation is 2. The van der Waals surface area contributed by atoms with Gasteiger partial charge in [-0.25, -0.2) is 9.97 Å². The van der Waals surface area contributed by atoms with Crippen molar-refractivity contribution in [3.8, 4) is 0 Å². The van der Waals surface area contributed by atoms with Gasteiger partial charge >= 0.3 is 0 Å². The number of pyridine rings is 1. The number of rotatable bonds is 0. The summed E-state index contributed by atoms with van der Waals surface area (Å²) in [4.78, 5) is 11.6. The average Bonchev–Trinajstić information content (AvgIpc) is 2.63. The molecule has 1 N–H and O–H groups in total. The number of fused-ring (bicyclic) bond motifs is 1. The first kappa shape index (κ1) is 18.5. The molecule has 0 bridgehead atoms. The molecule has 0 amide bonds. The van der Waals surface area contributed by atoms with Crippen molar-refractivity contribution in [2.75, 3.05) is 0 Å². The van der Waals surface area contributed by atoms with Gasteiger partial charge in [0.2, 0.25) is 0 Å². The summed E-state index contributed by atoms with van der Waals surface area (Å²) in [6, 6.07) is 3.97. The number of aromatic amines is 1. The third-order valence-electron chi connectivity index (χ3n) is 1.60. The Morgan fingerprint density at radius 2 is 1.50 bits per heavy atom. The summed E-state index contributed by atoms with van der Waals surface area (Å²) in [6.07, 6.45) is 0. The van der Waals surface area contributed by atoms with Crippen LogP contribution in [0, 0.1) is 58.9 Å². The summed E-state index contributed by atoms with van der Waals surface area (Å²) >= 11 is 0. The van der Waals surface area contributed by atoms with Crippen molar-refractivity contribution < 1.29 is 45.0 Å². The molecule has 86 valence electrons. The molecule has 3 nitrogen and oxygen atoms in total. The van der Waals surface area contributed by atoms with E-state index in [0.717, 1.165) is 22.7 Å². The SMILES string of the molecule is CC.CC.Cc1ccc2[nH]c(C)nc2n1.[Ra]. The fraction of sp³-hybridized carbons (Fsp3) is 0.500. The fourth-order valence-electron chi connectivity index (χ4n) is 1.11. The van der Waals surface area contributed by atoms with Crippen molar-refractivity contribution in [3.05, 3.63) is 23.7 Å². The molecular weight excluding hydrogens is 412 g/mol. The van der Waals surface area contributed by atoms with Crippen LogP contribution in [0.1, 0.15) is 39.2 Å². The zero-order valence-electron chi connectivity index (χ0n) is 11.3. The molecule has 0 aliphatic heterocycles. The van der Waals surface area contributed by atoms with Crippen molar-refractivity contribution >= 4 is 11.2 Å². The van der Waals surface area contributed by atoms with Crippen LogP contribution in [0.15, 0.2) is 12.1 Å². The van der Waals surface area contributed by atoms with E-state index in [4.69, 9.17) is 0 Å². The molecule has 0 aliphatic carbocycles. The number of nitrogens with one attached hydrogen (secondary N) is 1. The largest absolute Gasteiger partial charge is 0.341 e. The van der Waals surface area contributed by atoms with Crippen LogP contribution in [-0.2, 0) is 0 Å². The third kappa shape index (κ3) is 5.43. The Morgan fingerprint density at radius 3 is 2.06 bits per heavy atom. The molecule has 0 atom stereocenters. The van der Waals surface area contributed by atoms with Crippen LogP contribution in [0.5, 0.6) is 0 Å². The van der Waals surface area contributed by atoms with Crippen LogP contribution in [0.3, 0.4) is 0 Å². The number of H-pyrrole nitrogens is 1.